The van der Waals surface area contributed by atoms with Crippen LogP contribution in [0.5, 0.6) is 0 Å². The second-order valence-corrected chi connectivity index (χ2v) is 7.78. The van der Waals surface area contributed by atoms with Crippen molar-refractivity contribution < 1.29 is 0 Å². The lowest BCUT2D eigenvalue weighted by Crippen LogP contribution is -2.49. The average molecular weight is 278 g/mol. The van der Waals surface area contributed by atoms with E-state index in [2.05, 4.69) is 56.5 Å². The van der Waals surface area contributed by atoms with Gasteiger partial charge < -0.3 is 5.73 Å². The van der Waals surface area contributed by atoms with Crippen molar-refractivity contribution in [2.45, 2.75) is 44.4 Å². The summed E-state index contributed by atoms with van der Waals surface area (Å²) in [5.74, 6) is 1.25. The van der Waals surface area contributed by atoms with Gasteiger partial charge in [-0.2, -0.15) is 11.8 Å². The molecule has 2 nitrogen and oxygen atoms in total. The highest BCUT2D eigenvalue weighted by atomic mass is 32.2. The molecule has 1 aliphatic rings. The predicted molar refractivity (Wildman–Crippen MR) is 86.8 cm³/mol. The van der Waals surface area contributed by atoms with Crippen LogP contribution in [-0.2, 0) is 5.41 Å². The van der Waals surface area contributed by atoms with Crippen molar-refractivity contribution in [3.05, 3.63) is 29.8 Å². The Bertz CT molecular complexity index is 413. The van der Waals surface area contributed by atoms with Crippen LogP contribution < -0.4 is 5.73 Å². The van der Waals surface area contributed by atoms with E-state index in [0.29, 0.717) is 6.04 Å². The molecule has 0 spiro atoms. The fraction of sp³-hybridized carbons (Fsp3) is 0.625. The Morgan fingerprint density at radius 2 is 1.89 bits per heavy atom. The summed E-state index contributed by atoms with van der Waals surface area (Å²) in [5, 5.41) is 0.732. The van der Waals surface area contributed by atoms with Crippen LogP contribution in [0.25, 0.3) is 0 Å². The number of nitrogens with two attached hydrogens (primary N) is 1. The SMILES string of the molecule is CC1SCCN(CC(C)(C)c2ccc(N)cc2)C1C. The maximum atomic E-state index is 5.78. The second-order valence-electron chi connectivity index (χ2n) is 6.29. The molecule has 1 saturated heterocycles. The zero-order chi connectivity index (χ0) is 14.0. The summed E-state index contributed by atoms with van der Waals surface area (Å²) in [6, 6.07) is 9.01. The van der Waals surface area contributed by atoms with Gasteiger partial charge in [0.15, 0.2) is 0 Å². The normalized spacial score (nSPS) is 25.5. The number of benzene rings is 1. The van der Waals surface area contributed by atoms with Gasteiger partial charge in [-0.25, -0.2) is 0 Å². The van der Waals surface area contributed by atoms with Crippen LogP contribution in [0, 0.1) is 0 Å². The molecular weight excluding hydrogens is 252 g/mol. The van der Waals surface area contributed by atoms with Crippen LogP contribution in [0.15, 0.2) is 24.3 Å². The molecule has 0 aliphatic carbocycles. The van der Waals surface area contributed by atoms with Crippen LogP contribution in [0.3, 0.4) is 0 Å². The first kappa shape index (κ1) is 14.7. The molecule has 19 heavy (non-hydrogen) atoms. The molecule has 0 radical (unpaired) electrons. The molecule has 0 saturated carbocycles. The minimum absolute atomic E-state index is 0.170. The Hall–Kier alpha value is -0.670. The lowest BCUT2D eigenvalue weighted by atomic mass is 9.83. The first-order chi connectivity index (χ1) is 8.90. The molecule has 0 bridgehead atoms. The van der Waals surface area contributed by atoms with Crippen LogP contribution in [0.4, 0.5) is 5.69 Å². The number of nitrogen functional groups attached to an aromatic ring is 1. The molecule has 1 aliphatic heterocycles. The summed E-state index contributed by atoms with van der Waals surface area (Å²) in [7, 11) is 0. The van der Waals surface area contributed by atoms with E-state index in [9.17, 15) is 0 Å². The third kappa shape index (κ3) is 3.46. The number of rotatable bonds is 3. The second kappa shape index (κ2) is 5.76. The van der Waals surface area contributed by atoms with E-state index in [0.717, 1.165) is 17.5 Å². The van der Waals surface area contributed by atoms with Crippen LogP contribution in [0.2, 0.25) is 0 Å². The number of nitrogens with zero attached hydrogens (tertiary/aromatic N) is 1. The Morgan fingerprint density at radius 1 is 1.26 bits per heavy atom. The molecule has 106 valence electrons. The van der Waals surface area contributed by atoms with E-state index in [1.54, 1.807) is 0 Å². The van der Waals surface area contributed by atoms with Crippen molar-refractivity contribution in [3.8, 4) is 0 Å². The summed E-state index contributed by atoms with van der Waals surface area (Å²) in [6.45, 7) is 11.7. The summed E-state index contributed by atoms with van der Waals surface area (Å²) >= 11 is 2.10. The van der Waals surface area contributed by atoms with E-state index < -0.39 is 0 Å². The largest absolute Gasteiger partial charge is 0.399 e. The maximum Gasteiger partial charge on any atom is 0.0314 e. The summed E-state index contributed by atoms with van der Waals surface area (Å²) in [6.07, 6.45) is 0. The van der Waals surface area contributed by atoms with Crippen molar-refractivity contribution in [1.29, 1.82) is 0 Å². The van der Waals surface area contributed by atoms with E-state index in [4.69, 9.17) is 5.73 Å². The van der Waals surface area contributed by atoms with Gasteiger partial charge in [-0.15, -0.1) is 0 Å². The van der Waals surface area contributed by atoms with Crippen LogP contribution in [0.1, 0.15) is 33.3 Å². The minimum atomic E-state index is 0.170. The number of hydrogen-bond acceptors (Lipinski definition) is 3. The lowest BCUT2D eigenvalue weighted by molar-refractivity contribution is 0.175. The predicted octanol–water partition coefficient (Wildman–Crippen LogP) is 3.37. The summed E-state index contributed by atoms with van der Waals surface area (Å²) < 4.78 is 0. The number of thioether (sulfide) groups is 1. The Labute approximate surface area is 121 Å². The van der Waals surface area contributed by atoms with Gasteiger partial charge in [-0.3, -0.25) is 4.90 Å². The molecule has 3 heteroatoms. The Kier molecular flexibility index (Phi) is 4.46. The van der Waals surface area contributed by atoms with Gasteiger partial charge in [0.2, 0.25) is 0 Å². The van der Waals surface area contributed by atoms with Gasteiger partial charge in [-0.1, -0.05) is 32.9 Å². The maximum absolute atomic E-state index is 5.78. The van der Waals surface area contributed by atoms with Crippen LogP contribution in [-0.4, -0.2) is 35.0 Å². The van der Waals surface area contributed by atoms with Crippen molar-refractivity contribution >= 4 is 17.4 Å². The van der Waals surface area contributed by atoms with Gasteiger partial charge in [0.1, 0.15) is 0 Å². The van der Waals surface area contributed by atoms with Gasteiger partial charge in [0.25, 0.3) is 0 Å². The molecule has 1 heterocycles. The zero-order valence-corrected chi connectivity index (χ0v) is 13.3. The number of anilines is 1. The molecule has 2 rings (SSSR count). The lowest BCUT2D eigenvalue weighted by Gasteiger charge is -2.42. The van der Waals surface area contributed by atoms with Crippen molar-refractivity contribution in [2.75, 3.05) is 24.6 Å². The smallest absolute Gasteiger partial charge is 0.0314 e. The van der Waals surface area contributed by atoms with Gasteiger partial charge in [0, 0.05) is 41.2 Å². The summed E-state index contributed by atoms with van der Waals surface area (Å²) in [5.41, 5.74) is 8.17. The first-order valence-electron chi connectivity index (χ1n) is 7.12. The van der Waals surface area contributed by atoms with E-state index >= 15 is 0 Å². The van der Waals surface area contributed by atoms with E-state index in [-0.39, 0.29) is 5.41 Å². The minimum Gasteiger partial charge on any atom is -0.399 e. The highest BCUT2D eigenvalue weighted by Crippen LogP contribution is 2.30. The first-order valence-corrected chi connectivity index (χ1v) is 8.17. The molecule has 1 aromatic carbocycles. The molecule has 2 unspecified atom stereocenters. The average Bonchev–Trinajstić information content (AvgIpc) is 2.35. The van der Waals surface area contributed by atoms with Gasteiger partial charge in [0.05, 0.1) is 0 Å². The third-order valence-corrected chi connectivity index (χ3v) is 5.64. The van der Waals surface area contributed by atoms with Crippen molar-refractivity contribution in [2.24, 2.45) is 0 Å². The zero-order valence-electron chi connectivity index (χ0n) is 12.5. The summed E-state index contributed by atoms with van der Waals surface area (Å²) in [4.78, 5) is 2.64. The topological polar surface area (TPSA) is 29.3 Å². The van der Waals surface area contributed by atoms with Gasteiger partial charge >= 0.3 is 0 Å². The molecular formula is C16H26N2S. The number of hydrogen-bond donors (Lipinski definition) is 1. The third-order valence-electron chi connectivity index (χ3n) is 4.31. The van der Waals surface area contributed by atoms with E-state index in [1.807, 2.05) is 12.1 Å². The van der Waals surface area contributed by atoms with E-state index in [1.165, 1.54) is 17.9 Å². The van der Waals surface area contributed by atoms with Crippen LogP contribution >= 0.6 is 11.8 Å². The fourth-order valence-electron chi connectivity index (χ4n) is 2.75. The van der Waals surface area contributed by atoms with Crippen molar-refractivity contribution in [1.82, 2.24) is 4.90 Å². The highest BCUT2D eigenvalue weighted by Gasteiger charge is 2.30. The molecule has 2 atom stereocenters. The monoisotopic (exact) mass is 278 g/mol. The molecule has 0 aromatic heterocycles. The van der Waals surface area contributed by atoms with Crippen molar-refractivity contribution in [3.63, 3.8) is 0 Å². The standard InChI is InChI=1S/C16H26N2S/c1-12-13(2)19-10-9-18(12)11-16(3,4)14-5-7-15(17)8-6-14/h5-8,12-13H,9-11,17H2,1-4H3. The molecule has 1 aromatic rings. The Morgan fingerprint density at radius 3 is 2.53 bits per heavy atom. The highest BCUT2D eigenvalue weighted by molar-refractivity contribution is 8.00. The fourth-order valence-corrected chi connectivity index (χ4v) is 3.91. The van der Waals surface area contributed by atoms with Gasteiger partial charge in [-0.05, 0) is 24.6 Å². The Balaban J connectivity index is 2.09. The quantitative estimate of drug-likeness (QED) is 0.860. The molecule has 0 amide bonds. The molecule has 2 N–H and O–H groups in total. The molecule has 1 fully saturated rings.